The Morgan fingerprint density at radius 3 is 2.90 bits per heavy atom. The van der Waals surface area contributed by atoms with Gasteiger partial charge in [-0.15, -0.1) is 0 Å². The maximum atomic E-state index is 5.84. The summed E-state index contributed by atoms with van der Waals surface area (Å²) in [5, 5.41) is 5.40. The minimum atomic E-state index is 0.152. The Bertz CT molecular complexity index is 866. The van der Waals surface area contributed by atoms with Gasteiger partial charge in [0.1, 0.15) is 0 Å². The van der Waals surface area contributed by atoms with Gasteiger partial charge < -0.3 is 11.1 Å². The first-order chi connectivity index (χ1) is 10.0. The van der Waals surface area contributed by atoms with Crippen LogP contribution >= 0.6 is 11.6 Å². The van der Waals surface area contributed by atoms with Crippen molar-refractivity contribution in [1.29, 1.82) is 0 Å². The third kappa shape index (κ3) is 3.03. The lowest BCUT2D eigenvalue weighted by atomic mass is 10.2. The van der Waals surface area contributed by atoms with Crippen molar-refractivity contribution in [2.45, 2.75) is 13.8 Å². The van der Waals surface area contributed by atoms with Crippen molar-refractivity contribution in [2.24, 2.45) is 4.99 Å². The largest absolute Gasteiger partial charge is 0.394 e. The number of hydrogen-bond acceptors (Lipinski definition) is 5. The summed E-state index contributed by atoms with van der Waals surface area (Å²) in [6.07, 6.45) is 5.59. The van der Waals surface area contributed by atoms with Crippen LogP contribution in [0.25, 0.3) is 6.08 Å². The van der Waals surface area contributed by atoms with E-state index in [-0.39, 0.29) is 5.28 Å². The van der Waals surface area contributed by atoms with Crippen LogP contribution in [-0.2, 0) is 0 Å². The van der Waals surface area contributed by atoms with Gasteiger partial charge in [0.15, 0.2) is 5.82 Å². The molecule has 0 atom stereocenters. The van der Waals surface area contributed by atoms with Crippen LogP contribution in [0.5, 0.6) is 0 Å². The van der Waals surface area contributed by atoms with Crippen LogP contribution < -0.4 is 21.6 Å². The lowest BCUT2D eigenvalue weighted by Gasteiger charge is -2.07. The molecule has 0 fully saturated rings. The molecule has 1 aliphatic rings. The number of nitrogens with two attached hydrogens (primary N) is 1. The third-order valence-electron chi connectivity index (χ3n) is 2.95. The van der Waals surface area contributed by atoms with Gasteiger partial charge in [0.05, 0.1) is 22.9 Å². The molecule has 0 radical (unpaired) electrons. The van der Waals surface area contributed by atoms with E-state index in [1.807, 2.05) is 18.2 Å². The van der Waals surface area contributed by atoms with E-state index in [0.29, 0.717) is 11.5 Å². The maximum Gasteiger partial charge on any atom is 0.224 e. The Hall–Kier alpha value is -2.40. The summed E-state index contributed by atoms with van der Waals surface area (Å²) < 4.78 is 0. The topological polar surface area (TPSA) is 76.2 Å². The molecule has 0 aliphatic carbocycles. The van der Waals surface area contributed by atoms with Crippen LogP contribution in [0.2, 0.25) is 5.28 Å². The van der Waals surface area contributed by atoms with Crippen LogP contribution in [0.4, 0.5) is 22.9 Å². The Morgan fingerprint density at radius 2 is 2.14 bits per heavy atom. The highest BCUT2D eigenvalue weighted by atomic mass is 35.5. The highest BCUT2D eigenvalue weighted by Gasteiger charge is 2.12. The number of nitrogens with zero attached hydrogens (tertiary/aromatic N) is 3. The zero-order valence-corrected chi connectivity index (χ0v) is 12.4. The van der Waals surface area contributed by atoms with Gasteiger partial charge in [-0.3, -0.25) is 0 Å². The molecule has 1 aromatic carbocycles. The zero-order valence-electron chi connectivity index (χ0n) is 11.7. The molecule has 106 valence electrons. The van der Waals surface area contributed by atoms with Crippen LogP contribution in [0.1, 0.15) is 13.8 Å². The first kappa shape index (κ1) is 13.6. The first-order valence-electron chi connectivity index (χ1n) is 6.46. The number of allylic oxidation sites excluding steroid dienone is 2. The smallest absolute Gasteiger partial charge is 0.224 e. The molecule has 0 unspecified atom stereocenters. The minimum Gasteiger partial charge on any atom is -0.394 e. The quantitative estimate of drug-likeness (QED) is 0.728. The number of nitrogen functional groups attached to an aromatic ring is 1. The zero-order chi connectivity index (χ0) is 15.0. The molecule has 0 saturated carbocycles. The van der Waals surface area contributed by atoms with Gasteiger partial charge in [0, 0.05) is 10.9 Å². The molecule has 2 heterocycles. The van der Waals surface area contributed by atoms with E-state index in [1.54, 1.807) is 0 Å². The molecule has 21 heavy (non-hydrogen) atoms. The van der Waals surface area contributed by atoms with E-state index in [4.69, 9.17) is 17.3 Å². The van der Waals surface area contributed by atoms with Crippen LogP contribution in [0, 0.1) is 0 Å². The van der Waals surface area contributed by atoms with Crippen LogP contribution in [0.15, 0.2) is 35.0 Å². The van der Waals surface area contributed by atoms with Gasteiger partial charge >= 0.3 is 0 Å². The van der Waals surface area contributed by atoms with Crippen molar-refractivity contribution >= 4 is 40.6 Å². The summed E-state index contributed by atoms with van der Waals surface area (Å²) in [4.78, 5) is 12.3. The summed E-state index contributed by atoms with van der Waals surface area (Å²) >= 11 is 5.79. The normalized spacial score (nSPS) is 12.4. The Kier molecular flexibility index (Phi) is 3.35. The summed E-state index contributed by atoms with van der Waals surface area (Å²) in [7, 11) is 0. The molecule has 0 amide bonds. The molecular weight excluding hydrogens is 286 g/mol. The highest BCUT2D eigenvalue weighted by Crippen LogP contribution is 2.24. The number of anilines is 3. The molecule has 0 bridgehead atoms. The third-order valence-corrected chi connectivity index (χ3v) is 3.13. The Morgan fingerprint density at radius 1 is 1.33 bits per heavy atom. The molecule has 2 aromatic rings. The summed E-state index contributed by atoms with van der Waals surface area (Å²) in [5.41, 5.74) is 9.35. The van der Waals surface area contributed by atoms with E-state index in [9.17, 15) is 0 Å². The molecule has 5 nitrogen and oxygen atoms in total. The first-order valence-corrected chi connectivity index (χ1v) is 6.84. The monoisotopic (exact) mass is 299 g/mol. The molecule has 0 spiro atoms. The van der Waals surface area contributed by atoms with E-state index >= 15 is 0 Å². The van der Waals surface area contributed by atoms with Crippen LogP contribution in [-0.4, -0.2) is 9.97 Å². The highest BCUT2D eigenvalue weighted by molar-refractivity contribution is 6.28. The van der Waals surface area contributed by atoms with Crippen molar-refractivity contribution < 1.29 is 0 Å². The standard InChI is InChI=1S/C15H14ClN5/c1-8(2)3-4-9-5-10(6-12-13(9)20-12)19-14-11(17)7-18-15(16)21-14/h3-7H,17H2,1-2H3,(H,18,19,21)/b9-4-. The number of aromatic nitrogens is 2. The van der Waals surface area contributed by atoms with Gasteiger partial charge in [-0.2, -0.15) is 4.98 Å². The number of hydrogen-bond donors (Lipinski definition) is 2. The van der Waals surface area contributed by atoms with Gasteiger partial charge in [0.25, 0.3) is 0 Å². The van der Waals surface area contributed by atoms with E-state index in [2.05, 4.69) is 40.2 Å². The van der Waals surface area contributed by atoms with Crippen molar-refractivity contribution in [3.05, 3.63) is 45.8 Å². The second-order valence-electron chi connectivity index (χ2n) is 5.02. The summed E-state index contributed by atoms with van der Waals surface area (Å²) in [6, 6.07) is 3.95. The predicted octanol–water partition coefficient (Wildman–Crippen LogP) is 2.47. The SMILES string of the molecule is CC(C)=C/C=c1/cc(Nc2nc(Cl)ncc2N)cc2c1=N2. The predicted molar refractivity (Wildman–Crippen MR) is 85.5 cm³/mol. The van der Waals surface area contributed by atoms with Crippen molar-refractivity contribution in [2.75, 3.05) is 11.1 Å². The van der Waals surface area contributed by atoms with Crippen molar-refractivity contribution in [3.63, 3.8) is 0 Å². The van der Waals surface area contributed by atoms with E-state index in [0.717, 1.165) is 22.0 Å². The van der Waals surface area contributed by atoms with Crippen molar-refractivity contribution in [3.8, 4) is 0 Å². The number of rotatable bonds is 3. The molecular formula is C15H14ClN5. The van der Waals surface area contributed by atoms with Gasteiger partial charge in [-0.25, -0.2) is 9.98 Å². The summed E-state index contributed by atoms with van der Waals surface area (Å²) in [5.74, 6) is 0.490. The average Bonchev–Trinajstić information content (AvgIpc) is 3.19. The Balaban J connectivity index is 1.97. The lowest BCUT2D eigenvalue weighted by molar-refractivity contribution is 1.17. The molecule has 6 heteroatoms. The fraction of sp³-hybridized carbons (Fsp3) is 0.133. The number of halogens is 1. The van der Waals surface area contributed by atoms with E-state index in [1.165, 1.54) is 11.8 Å². The van der Waals surface area contributed by atoms with Gasteiger partial charge in [0.2, 0.25) is 5.28 Å². The summed E-state index contributed by atoms with van der Waals surface area (Å²) in [6.45, 7) is 4.11. The van der Waals surface area contributed by atoms with Gasteiger partial charge in [-0.1, -0.05) is 17.7 Å². The second-order valence-corrected chi connectivity index (χ2v) is 5.36. The molecule has 1 aliphatic heterocycles. The number of fused-ring (bicyclic) bond motifs is 1. The molecule has 3 N–H and O–H groups in total. The maximum absolute atomic E-state index is 5.84. The van der Waals surface area contributed by atoms with Crippen molar-refractivity contribution in [1.82, 2.24) is 9.97 Å². The number of nitrogens with one attached hydrogen (secondary N) is 1. The fourth-order valence-corrected chi connectivity index (χ4v) is 2.03. The molecule has 1 aromatic heterocycles. The van der Waals surface area contributed by atoms with E-state index < -0.39 is 0 Å². The molecule has 3 rings (SSSR count). The fourth-order valence-electron chi connectivity index (χ4n) is 1.89. The Labute approximate surface area is 126 Å². The minimum absolute atomic E-state index is 0.152. The van der Waals surface area contributed by atoms with Crippen LogP contribution in [0.3, 0.4) is 0 Å². The lowest BCUT2D eigenvalue weighted by Crippen LogP contribution is -2.16. The number of benzene rings is 1. The molecule has 0 saturated heterocycles. The second kappa shape index (κ2) is 5.18. The van der Waals surface area contributed by atoms with Gasteiger partial charge in [-0.05, 0) is 37.6 Å². The average molecular weight is 300 g/mol.